The number of benzene rings is 1. The number of carbonyl (C=O) groups is 5. The summed E-state index contributed by atoms with van der Waals surface area (Å²) in [5.41, 5.74) is 3.62. The Labute approximate surface area is 236 Å². The lowest BCUT2D eigenvalue weighted by atomic mass is 9.72. The number of nitrogen functional groups attached to an aromatic ring is 1. The average molecular weight is 591 g/mol. The number of oxime groups is 1. The molecule has 0 aliphatic carbocycles. The van der Waals surface area contributed by atoms with Gasteiger partial charge >= 0.3 is 25.0 Å². The monoisotopic (exact) mass is 591 g/mol. The summed E-state index contributed by atoms with van der Waals surface area (Å²) in [5.74, 6) is -6.92. The Hall–Kier alpha value is -4.71. The van der Waals surface area contributed by atoms with E-state index in [1.165, 1.54) is 31.4 Å². The molecule has 0 spiro atoms. The topological polar surface area (TPSA) is 260 Å². The normalized spacial score (nSPS) is 15.6. The average Bonchev–Trinajstić information content (AvgIpc) is 3.31. The predicted molar refractivity (Wildman–Crippen MR) is 142 cm³/mol. The van der Waals surface area contributed by atoms with Gasteiger partial charge in [0.25, 0.3) is 11.8 Å². The molecular weight excluding hydrogens is 565 g/mol. The third-order valence-corrected chi connectivity index (χ3v) is 6.48. The van der Waals surface area contributed by atoms with Crippen molar-refractivity contribution in [3.63, 3.8) is 0 Å². The summed E-state index contributed by atoms with van der Waals surface area (Å²) in [4.78, 5) is 69.1. The van der Waals surface area contributed by atoms with Gasteiger partial charge in [0.2, 0.25) is 5.60 Å². The molecule has 8 N–H and O–H groups in total. The molecule has 1 aromatic carbocycles. The molecule has 2 aromatic rings. The Morgan fingerprint density at radius 1 is 1.27 bits per heavy atom. The summed E-state index contributed by atoms with van der Waals surface area (Å²) in [6, 6.07) is 2.85. The second-order valence-corrected chi connectivity index (χ2v) is 10.2. The highest BCUT2D eigenvalue weighted by Crippen LogP contribution is 2.30. The number of hydrogen-bond acceptors (Lipinski definition) is 12. The first-order chi connectivity index (χ1) is 19.2. The van der Waals surface area contributed by atoms with Crippen LogP contribution < -0.4 is 21.0 Å². The fourth-order valence-corrected chi connectivity index (χ4v) is 4.16. The van der Waals surface area contributed by atoms with Crippen LogP contribution in [0.3, 0.4) is 0 Å². The molecule has 0 fully saturated rings. The van der Waals surface area contributed by atoms with Gasteiger partial charge in [-0.2, -0.15) is 0 Å². The number of carboxylic acid groups (broad SMARTS) is 3. The number of thiazole rings is 1. The fraction of sp³-hybridized carbons (Fsp3) is 0.348. The Bertz CT molecular complexity index is 1400. The summed E-state index contributed by atoms with van der Waals surface area (Å²) in [5, 5.41) is 48.0. The molecule has 0 saturated carbocycles. The van der Waals surface area contributed by atoms with Crippen molar-refractivity contribution in [1.29, 1.82) is 0 Å². The maximum Gasteiger partial charge on any atom is 0.547 e. The van der Waals surface area contributed by atoms with E-state index in [2.05, 4.69) is 20.8 Å². The van der Waals surface area contributed by atoms with Crippen molar-refractivity contribution >= 4 is 59.0 Å². The Morgan fingerprint density at radius 2 is 1.98 bits per heavy atom. The summed E-state index contributed by atoms with van der Waals surface area (Å²) in [6.07, 6.45) is -0.896. The fourth-order valence-electron chi connectivity index (χ4n) is 3.61. The van der Waals surface area contributed by atoms with Gasteiger partial charge in [0, 0.05) is 11.8 Å². The number of nitrogens with zero attached hydrogens (tertiary/aromatic N) is 2. The number of carbonyl (C=O) groups excluding carboxylic acids is 2. The number of aromatic nitrogens is 1. The van der Waals surface area contributed by atoms with Crippen molar-refractivity contribution in [2.24, 2.45) is 5.16 Å². The smallest absolute Gasteiger partial charge is 0.534 e. The third-order valence-electron chi connectivity index (χ3n) is 5.81. The summed E-state index contributed by atoms with van der Waals surface area (Å²) in [7, 11) is -1.63. The molecule has 2 heterocycles. The minimum Gasteiger partial charge on any atom is -0.534 e. The second kappa shape index (κ2) is 12.6. The van der Waals surface area contributed by atoms with Crippen LogP contribution in [0.4, 0.5) is 5.13 Å². The number of carboxylic acids is 3. The number of amides is 2. The van der Waals surface area contributed by atoms with E-state index < -0.39 is 66.6 Å². The minimum absolute atomic E-state index is 0.00246. The van der Waals surface area contributed by atoms with Gasteiger partial charge in [-0.25, -0.2) is 14.6 Å². The van der Waals surface area contributed by atoms with Gasteiger partial charge in [0.05, 0.1) is 11.5 Å². The molecule has 2 atom stereocenters. The van der Waals surface area contributed by atoms with E-state index >= 15 is 0 Å². The largest absolute Gasteiger partial charge is 0.547 e. The van der Waals surface area contributed by atoms with Gasteiger partial charge in [0.15, 0.2) is 10.8 Å². The third kappa shape index (κ3) is 7.70. The van der Waals surface area contributed by atoms with Crippen LogP contribution in [-0.4, -0.2) is 85.5 Å². The van der Waals surface area contributed by atoms with Crippen LogP contribution in [0.2, 0.25) is 0 Å². The molecule has 3 rings (SSSR count). The van der Waals surface area contributed by atoms with Gasteiger partial charge in [-0.1, -0.05) is 17.3 Å². The van der Waals surface area contributed by atoms with Gasteiger partial charge in [-0.3, -0.25) is 14.4 Å². The van der Waals surface area contributed by atoms with E-state index in [-0.39, 0.29) is 35.0 Å². The van der Waals surface area contributed by atoms with Crippen LogP contribution in [0.25, 0.3) is 0 Å². The Kier molecular flexibility index (Phi) is 9.51. The SMILES string of the molecule is CC(C)(ON=C(C(=O)NC1Cc2cccc(C(=O)O)c2OB1O)c1csc(N)n1)C(=O)N[C@@H](CCC(=O)O)C(=O)O. The van der Waals surface area contributed by atoms with Crippen LogP contribution in [0.1, 0.15) is 48.3 Å². The lowest BCUT2D eigenvalue weighted by Crippen LogP contribution is -2.55. The first-order valence-corrected chi connectivity index (χ1v) is 12.8. The zero-order chi connectivity index (χ0) is 30.5. The second-order valence-electron chi connectivity index (χ2n) is 9.30. The van der Waals surface area contributed by atoms with Crippen molar-refractivity contribution in [2.45, 2.75) is 50.7 Å². The highest BCUT2D eigenvalue weighted by molar-refractivity contribution is 7.13. The van der Waals surface area contributed by atoms with Crippen molar-refractivity contribution in [2.75, 3.05) is 5.73 Å². The maximum atomic E-state index is 13.3. The van der Waals surface area contributed by atoms with Crippen LogP contribution >= 0.6 is 11.3 Å². The van der Waals surface area contributed by atoms with E-state index in [1.807, 2.05) is 0 Å². The molecule has 1 aliphatic heterocycles. The molecule has 2 amide bonds. The number of nitrogens with one attached hydrogen (secondary N) is 2. The molecule has 0 saturated heterocycles. The quantitative estimate of drug-likeness (QED) is 0.0934. The standard InChI is InChI=1S/C23H26BN5O11S/c1-23(2,21(37)26-12(20(35)36)6-7-15(30)31)40-29-16(13-9-41-22(25)27-13)18(32)28-14-8-10-4-3-5-11(19(33)34)17(10)39-24(14)38/h3-5,9,12,14,38H,6-8H2,1-2H3,(H2,25,27)(H,26,37)(H,28,32)(H,30,31)(H,33,34)(H,35,36)/t12-,14?/m0/s1. The number of hydrogen-bond donors (Lipinski definition) is 7. The minimum atomic E-state index is -1.84. The van der Waals surface area contributed by atoms with Crippen molar-refractivity contribution in [1.82, 2.24) is 15.6 Å². The molecule has 1 aliphatic rings. The number of rotatable bonds is 12. The van der Waals surface area contributed by atoms with Crippen molar-refractivity contribution in [3.05, 3.63) is 40.4 Å². The molecule has 218 valence electrons. The van der Waals surface area contributed by atoms with Crippen LogP contribution in [0, 0.1) is 0 Å². The van der Waals surface area contributed by atoms with Crippen molar-refractivity contribution in [3.8, 4) is 5.75 Å². The van der Waals surface area contributed by atoms with Crippen LogP contribution in [0.15, 0.2) is 28.7 Å². The molecule has 1 aromatic heterocycles. The number of fused-ring (bicyclic) bond motifs is 1. The van der Waals surface area contributed by atoms with Gasteiger partial charge < -0.3 is 46.2 Å². The lowest BCUT2D eigenvalue weighted by molar-refractivity contribution is -0.150. The molecule has 16 nitrogen and oxygen atoms in total. The first kappa shape index (κ1) is 30.8. The zero-order valence-electron chi connectivity index (χ0n) is 21.7. The van der Waals surface area contributed by atoms with Gasteiger partial charge in [-0.05, 0) is 38.3 Å². The summed E-state index contributed by atoms with van der Waals surface area (Å²) < 4.78 is 5.38. The molecular formula is C23H26BN5O11S. The van der Waals surface area contributed by atoms with E-state index in [4.69, 9.17) is 20.3 Å². The number of para-hydroxylation sites is 1. The van der Waals surface area contributed by atoms with E-state index in [0.29, 0.717) is 5.56 Å². The Balaban J connectivity index is 1.80. The highest BCUT2D eigenvalue weighted by Gasteiger charge is 2.39. The highest BCUT2D eigenvalue weighted by atomic mass is 32.1. The molecule has 0 bridgehead atoms. The Morgan fingerprint density at radius 3 is 2.56 bits per heavy atom. The predicted octanol–water partition coefficient (Wildman–Crippen LogP) is -0.503. The molecule has 0 radical (unpaired) electrons. The summed E-state index contributed by atoms with van der Waals surface area (Å²) >= 11 is 0.979. The zero-order valence-corrected chi connectivity index (χ0v) is 22.5. The van der Waals surface area contributed by atoms with Crippen LogP contribution in [-0.2, 0) is 30.4 Å². The lowest BCUT2D eigenvalue weighted by Gasteiger charge is -2.29. The molecule has 41 heavy (non-hydrogen) atoms. The van der Waals surface area contributed by atoms with E-state index in [9.17, 15) is 39.2 Å². The number of aromatic carboxylic acids is 1. The first-order valence-electron chi connectivity index (χ1n) is 11.9. The number of anilines is 1. The maximum absolute atomic E-state index is 13.3. The van der Waals surface area contributed by atoms with Gasteiger partial charge in [-0.15, -0.1) is 11.3 Å². The molecule has 18 heteroatoms. The number of aliphatic carboxylic acids is 2. The van der Waals surface area contributed by atoms with E-state index in [0.717, 1.165) is 11.3 Å². The molecule has 1 unspecified atom stereocenters. The van der Waals surface area contributed by atoms with E-state index in [1.54, 1.807) is 6.07 Å². The van der Waals surface area contributed by atoms with Gasteiger partial charge in [0.1, 0.15) is 17.5 Å². The van der Waals surface area contributed by atoms with Crippen LogP contribution in [0.5, 0.6) is 5.75 Å². The number of nitrogens with two attached hydrogens (primary N) is 1. The summed E-state index contributed by atoms with van der Waals surface area (Å²) in [6.45, 7) is 2.48. The van der Waals surface area contributed by atoms with Crippen molar-refractivity contribution < 1.29 is 53.8 Å².